The van der Waals surface area contributed by atoms with E-state index in [-0.39, 0.29) is 11.6 Å². The molecule has 0 unspecified atom stereocenters. The van der Waals surface area contributed by atoms with Crippen LogP contribution in [0.3, 0.4) is 0 Å². The first kappa shape index (κ1) is 13.0. The van der Waals surface area contributed by atoms with Crippen LogP contribution < -0.4 is 4.74 Å². The van der Waals surface area contributed by atoms with Crippen molar-refractivity contribution < 1.29 is 14.3 Å². The second-order valence-corrected chi connectivity index (χ2v) is 5.72. The summed E-state index contributed by atoms with van der Waals surface area (Å²) in [6.07, 6.45) is 0. The maximum absolute atomic E-state index is 11.5. The Labute approximate surface area is 100 Å². The summed E-state index contributed by atoms with van der Waals surface area (Å²) in [5.41, 5.74) is -0.252. The minimum absolute atomic E-state index is 0.252. The summed E-state index contributed by atoms with van der Waals surface area (Å²) in [6, 6.07) is 1.75. The van der Waals surface area contributed by atoms with Gasteiger partial charge in [0.15, 0.2) is 0 Å². The van der Waals surface area contributed by atoms with Gasteiger partial charge in [0.05, 0.1) is 6.61 Å². The third-order valence-electron chi connectivity index (χ3n) is 1.76. The van der Waals surface area contributed by atoms with Gasteiger partial charge in [-0.15, -0.1) is 11.3 Å². The molecule has 1 heterocycles. The Kier molecular flexibility index (Phi) is 3.97. The molecule has 16 heavy (non-hydrogen) atoms. The second-order valence-electron chi connectivity index (χ2n) is 4.47. The lowest BCUT2D eigenvalue weighted by molar-refractivity contribution is 0.0531. The molecule has 0 bridgehead atoms. The highest BCUT2D eigenvalue weighted by atomic mass is 32.1. The van der Waals surface area contributed by atoms with E-state index < -0.39 is 0 Å². The highest BCUT2D eigenvalue weighted by Gasteiger charge is 2.18. The molecule has 4 heteroatoms. The van der Waals surface area contributed by atoms with Gasteiger partial charge in [-0.2, -0.15) is 0 Å². The average Bonchev–Trinajstić information content (AvgIpc) is 2.45. The van der Waals surface area contributed by atoms with Crippen molar-refractivity contribution in [3.63, 3.8) is 0 Å². The number of hydrogen-bond acceptors (Lipinski definition) is 4. The van der Waals surface area contributed by atoms with Gasteiger partial charge in [0.1, 0.15) is 16.2 Å². The molecule has 1 aromatic heterocycles. The highest BCUT2D eigenvalue weighted by Crippen LogP contribution is 2.31. The summed E-state index contributed by atoms with van der Waals surface area (Å²) in [5.74, 6) is 0.486. The number of carbonyl (C=O) groups is 1. The zero-order valence-corrected chi connectivity index (χ0v) is 11.2. The second kappa shape index (κ2) is 4.87. The number of ether oxygens (including phenoxy) is 2. The summed E-state index contributed by atoms with van der Waals surface area (Å²) in [6.45, 7) is 10.1. The van der Waals surface area contributed by atoms with Gasteiger partial charge in [-0.05, 0) is 34.6 Å². The molecule has 0 aliphatic rings. The minimum Gasteiger partial charge on any atom is -0.487 e. The Balaban J connectivity index is 2.86. The van der Waals surface area contributed by atoms with Gasteiger partial charge in [-0.3, -0.25) is 0 Å². The molecule has 0 fully saturated rings. The fraction of sp³-hybridized carbons (Fsp3) is 0.583. The maximum Gasteiger partial charge on any atom is 0.348 e. The molecule has 3 nitrogen and oxygen atoms in total. The number of rotatable bonds is 3. The molecular weight excluding hydrogens is 224 g/mol. The van der Waals surface area contributed by atoms with Crippen LogP contribution in [0.2, 0.25) is 0 Å². The van der Waals surface area contributed by atoms with Crippen molar-refractivity contribution in [1.29, 1.82) is 0 Å². The number of thiophene rings is 1. The lowest BCUT2D eigenvalue weighted by Gasteiger charge is -2.20. The van der Waals surface area contributed by atoms with Crippen LogP contribution >= 0.6 is 11.3 Å². The van der Waals surface area contributed by atoms with E-state index in [9.17, 15) is 4.79 Å². The van der Waals surface area contributed by atoms with E-state index in [1.54, 1.807) is 13.0 Å². The van der Waals surface area contributed by atoms with Gasteiger partial charge in [-0.1, -0.05) is 0 Å². The van der Waals surface area contributed by atoms with Crippen LogP contribution in [0.25, 0.3) is 0 Å². The molecule has 0 atom stereocenters. The molecule has 0 saturated heterocycles. The van der Waals surface area contributed by atoms with Crippen molar-refractivity contribution in [2.24, 2.45) is 0 Å². The van der Waals surface area contributed by atoms with E-state index in [2.05, 4.69) is 0 Å². The standard InChI is InChI=1S/C12H18O3S/c1-6-14-11(13)10-7-9(8(2)16-10)15-12(3,4)5/h7H,6H2,1-5H3. The van der Waals surface area contributed by atoms with Crippen LogP contribution in [0.15, 0.2) is 6.07 Å². The monoisotopic (exact) mass is 242 g/mol. The summed E-state index contributed by atoms with van der Waals surface area (Å²) in [7, 11) is 0. The van der Waals surface area contributed by atoms with Gasteiger partial charge >= 0.3 is 5.97 Å². The number of carbonyl (C=O) groups excluding carboxylic acids is 1. The van der Waals surface area contributed by atoms with Crippen LogP contribution in [0.5, 0.6) is 5.75 Å². The number of esters is 1. The quantitative estimate of drug-likeness (QED) is 0.762. The van der Waals surface area contributed by atoms with E-state index in [0.717, 1.165) is 10.6 Å². The van der Waals surface area contributed by atoms with Gasteiger partial charge in [0, 0.05) is 10.9 Å². The molecule has 0 aliphatic carbocycles. The van der Waals surface area contributed by atoms with Crippen LogP contribution in [0.4, 0.5) is 0 Å². The minimum atomic E-state index is -0.278. The van der Waals surface area contributed by atoms with Crippen LogP contribution in [-0.2, 0) is 4.74 Å². The fourth-order valence-corrected chi connectivity index (χ4v) is 2.04. The third-order valence-corrected chi connectivity index (χ3v) is 2.78. The van der Waals surface area contributed by atoms with Gasteiger partial charge in [0.25, 0.3) is 0 Å². The largest absolute Gasteiger partial charge is 0.487 e. The van der Waals surface area contributed by atoms with Crippen molar-refractivity contribution in [3.05, 3.63) is 15.8 Å². The zero-order valence-electron chi connectivity index (χ0n) is 10.4. The molecule has 0 amide bonds. The van der Waals surface area contributed by atoms with Gasteiger partial charge in [0.2, 0.25) is 0 Å². The Morgan fingerprint density at radius 2 is 2.06 bits per heavy atom. The van der Waals surface area contributed by atoms with E-state index >= 15 is 0 Å². The van der Waals surface area contributed by atoms with E-state index in [0.29, 0.717) is 11.5 Å². The van der Waals surface area contributed by atoms with Crippen LogP contribution in [0, 0.1) is 6.92 Å². The first-order chi connectivity index (χ1) is 7.33. The predicted octanol–water partition coefficient (Wildman–Crippen LogP) is 3.41. The topological polar surface area (TPSA) is 35.5 Å². The average molecular weight is 242 g/mol. The van der Waals surface area contributed by atoms with Crippen LogP contribution in [-0.4, -0.2) is 18.2 Å². The van der Waals surface area contributed by atoms with Crippen molar-refractivity contribution in [2.45, 2.75) is 40.2 Å². The molecular formula is C12H18O3S. The summed E-state index contributed by atoms with van der Waals surface area (Å²) >= 11 is 1.40. The fourth-order valence-electron chi connectivity index (χ4n) is 1.20. The van der Waals surface area contributed by atoms with Gasteiger partial charge < -0.3 is 9.47 Å². The van der Waals surface area contributed by atoms with Crippen molar-refractivity contribution in [2.75, 3.05) is 6.61 Å². The SMILES string of the molecule is CCOC(=O)c1cc(OC(C)(C)C)c(C)s1. The molecule has 0 spiro atoms. The van der Waals surface area contributed by atoms with Crippen molar-refractivity contribution in [1.82, 2.24) is 0 Å². The first-order valence-corrected chi connectivity index (χ1v) is 6.11. The van der Waals surface area contributed by atoms with E-state index in [4.69, 9.17) is 9.47 Å². The summed E-state index contributed by atoms with van der Waals surface area (Å²) in [4.78, 5) is 13.1. The summed E-state index contributed by atoms with van der Waals surface area (Å²) < 4.78 is 10.7. The molecule has 90 valence electrons. The number of aryl methyl sites for hydroxylation is 1. The van der Waals surface area contributed by atoms with Crippen molar-refractivity contribution in [3.8, 4) is 5.75 Å². The lowest BCUT2D eigenvalue weighted by Crippen LogP contribution is -2.23. The first-order valence-electron chi connectivity index (χ1n) is 5.30. The highest BCUT2D eigenvalue weighted by molar-refractivity contribution is 7.14. The lowest BCUT2D eigenvalue weighted by atomic mass is 10.2. The Morgan fingerprint density at radius 3 is 2.56 bits per heavy atom. The van der Waals surface area contributed by atoms with E-state index in [1.807, 2.05) is 27.7 Å². The third kappa shape index (κ3) is 3.52. The smallest absolute Gasteiger partial charge is 0.348 e. The van der Waals surface area contributed by atoms with Gasteiger partial charge in [-0.25, -0.2) is 4.79 Å². The molecule has 1 rings (SSSR count). The maximum atomic E-state index is 11.5. The predicted molar refractivity (Wildman–Crippen MR) is 65.4 cm³/mol. The number of hydrogen-bond donors (Lipinski definition) is 0. The molecule has 0 saturated carbocycles. The zero-order chi connectivity index (χ0) is 12.3. The summed E-state index contributed by atoms with van der Waals surface area (Å²) in [5, 5.41) is 0. The molecule has 1 aromatic rings. The molecule has 0 aliphatic heterocycles. The molecule has 0 radical (unpaired) electrons. The normalized spacial score (nSPS) is 11.3. The molecule has 0 aromatic carbocycles. The van der Waals surface area contributed by atoms with Crippen LogP contribution in [0.1, 0.15) is 42.2 Å². The van der Waals surface area contributed by atoms with E-state index in [1.165, 1.54) is 11.3 Å². The molecule has 0 N–H and O–H groups in total. The Bertz CT molecular complexity index is 374. The Morgan fingerprint density at radius 1 is 1.44 bits per heavy atom. The van der Waals surface area contributed by atoms with Crippen molar-refractivity contribution >= 4 is 17.3 Å². The Hall–Kier alpha value is -1.03.